The van der Waals surface area contributed by atoms with E-state index >= 15 is 0 Å². The Hall–Kier alpha value is -8.19. The van der Waals surface area contributed by atoms with Gasteiger partial charge < -0.3 is 14.0 Å². The highest BCUT2D eigenvalue weighted by molar-refractivity contribution is 7.99. The lowest BCUT2D eigenvalue weighted by Gasteiger charge is -2.34. The van der Waals surface area contributed by atoms with Crippen LogP contribution in [0.25, 0.3) is 98.7 Å². The van der Waals surface area contributed by atoms with E-state index in [0.29, 0.717) is 0 Å². The van der Waals surface area contributed by atoms with Crippen LogP contribution in [0, 0.1) is 0 Å². The van der Waals surface area contributed by atoms with Gasteiger partial charge in [0.1, 0.15) is 0 Å². The number of hydrogen-bond donors (Lipinski definition) is 0. The molecule has 298 valence electrons. The molecule has 64 heavy (non-hydrogen) atoms. The summed E-state index contributed by atoms with van der Waals surface area (Å²) in [4.78, 5) is 14.6. The fourth-order valence-corrected chi connectivity index (χ4v) is 11.5. The Morgan fingerprint density at radius 1 is 0.312 bits per heavy atom. The molecule has 0 saturated carbocycles. The number of para-hydroxylation sites is 4. The zero-order valence-electron chi connectivity index (χ0n) is 34.4. The topological polar surface area (TPSA) is 38.9 Å². The molecule has 0 bridgehead atoms. The van der Waals surface area contributed by atoms with Crippen LogP contribution < -0.4 is 4.90 Å². The summed E-state index contributed by atoms with van der Waals surface area (Å²) in [6.07, 6.45) is 3.60. The minimum absolute atomic E-state index is 0.908. The molecule has 0 atom stereocenters. The zero-order valence-corrected chi connectivity index (χ0v) is 35.2. The van der Waals surface area contributed by atoms with Crippen LogP contribution in [0.5, 0.6) is 0 Å². The number of fused-ring (bicyclic) bond motifs is 14. The van der Waals surface area contributed by atoms with E-state index in [-0.39, 0.29) is 0 Å². The Bertz CT molecular complexity index is 3800. The molecular weight excluding hydrogens is 799 g/mol. The van der Waals surface area contributed by atoms with Crippen LogP contribution >= 0.6 is 11.8 Å². The normalized spacial score (nSPS) is 12.6. The van der Waals surface area contributed by atoms with Crippen LogP contribution in [0.3, 0.4) is 0 Å². The maximum Gasteiger partial charge on any atom is 0.0971 e. The van der Waals surface area contributed by atoms with E-state index in [0.717, 1.165) is 61.0 Å². The Kier molecular flexibility index (Phi) is 7.55. The van der Waals surface area contributed by atoms with Gasteiger partial charge in [0.05, 0.1) is 44.5 Å². The number of hydrogen-bond acceptors (Lipinski definition) is 4. The van der Waals surface area contributed by atoms with E-state index in [1.807, 2.05) is 11.8 Å². The van der Waals surface area contributed by atoms with Crippen molar-refractivity contribution in [2.45, 2.75) is 9.79 Å². The van der Waals surface area contributed by atoms with Crippen LogP contribution in [-0.4, -0.2) is 19.1 Å². The van der Waals surface area contributed by atoms with E-state index in [1.54, 1.807) is 12.4 Å². The first-order chi connectivity index (χ1) is 31.7. The van der Waals surface area contributed by atoms with Crippen LogP contribution in [0.2, 0.25) is 0 Å². The average Bonchev–Trinajstić information content (AvgIpc) is 3.88. The maximum atomic E-state index is 4.92. The van der Waals surface area contributed by atoms with E-state index < -0.39 is 0 Å². The monoisotopic (exact) mass is 833 g/mol. The molecule has 1 aliphatic heterocycles. The molecule has 4 heterocycles. The maximum absolute atomic E-state index is 4.92. The minimum Gasteiger partial charge on any atom is -0.309 e. The summed E-state index contributed by atoms with van der Waals surface area (Å²) < 4.78 is 4.83. The minimum atomic E-state index is 0.908. The summed E-state index contributed by atoms with van der Waals surface area (Å²) in [5, 5.41) is 9.48. The second kappa shape index (κ2) is 13.7. The van der Waals surface area contributed by atoms with Crippen molar-refractivity contribution in [1.82, 2.24) is 19.1 Å². The van der Waals surface area contributed by atoms with Gasteiger partial charge in [0, 0.05) is 71.6 Å². The van der Waals surface area contributed by atoms with E-state index in [4.69, 9.17) is 9.97 Å². The van der Waals surface area contributed by atoms with Gasteiger partial charge in [0.15, 0.2) is 0 Å². The molecule has 0 unspecified atom stereocenters. The predicted molar refractivity (Wildman–Crippen MR) is 267 cm³/mol. The molecule has 0 fully saturated rings. The lowest BCUT2D eigenvalue weighted by atomic mass is 9.95. The molecule has 0 saturated heterocycles. The van der Waals surface area contributed by atoms with Crippen LogP contribution in [0.15, 0.2) is 222 Å². The van der Waals surface area contributed by atoms with Gasteiger partial charge in [0.25, 0.3) is 0 Å². The Labute approximate surface area is 372 Å². The molecular formula is C58H35N5S. The highest BCUT2D eigenvalue weighted by atomic mass is 32.2. The van der Waals surface area contributed by atoms with Gasteiger partial charge in [-0.05, 0) is 101 Å². The van der Waals surface area contributed by atoms with Crippen molar-refractivity contribution in [2.24, 2.45) is 0 Å². The number of nitrogens with zero attached hydrogens (tertiary/aromatic N) is 5. The zero-order chi connectivity index (χ0) is 41.9. The quantitative estimate of drug-likeness (QED) is 0.166. The molecule has 0 aliphatic carbocycles. The van der Waals surface area contributed by atoms with Gasteiger partial charge in [-0.3, -0.25) is 9.97 Å². The van der Waals surface area contributed by atoms with Gasteiger partial charge in [-0.15, -0.1) is 0 Å². The predicted octanol–water partition coefficient (Wildman–Crippen LogP) is 15.7. The summed E-state index contributed by atoms with van der Waals surface area (Å²) in [6, 6.07) is 73.2. The summed E-state index contributed by atoms with van der Waals surface area (Å²) in [5.41, 5.74) is 14.6. The smallest absolute Gasteiger partial charge is 0.0971 e. The fourth-order valence-electron chi connectivity index (χ4n) is 10.4. The SMILES string of the molecule is c1ccc(-c2ccc3c(c2)c2cc(N4c5ccc(-n6c7ccccc7c7ccccc76)cc5Sc5cc(-n6c7ccccc7c7ccccc76)ccc54)ccc2c2nccnc32)cc1. The van der Waals surface area contributed by atoms with E-state index in [2.05, 4.69) is 214 Å². The van der Waals surface area contributed by atoms with Crippen molar-refractivity contribution in [3.05, 3.63) is 213 Å². The van der Waals surface area contributed by atoms with Crippen LogP contribution in [-0.2, 0) is 0 Å². The van der Waals surface area contributed by atoms with Crippen LogP contribution in [0.1, 0.15) is 0 Å². The third-order valence-corrected chi connectivity index (χ3v) is 14.2. The third kappa shape index (κ3) is 5.14. The van der Waals surface area contributed by atoms with Crippen molar-refractivity contribution in [2.75, 3.05) is 4.90 Å². The molecule has 0 spiro atoms. The fraction of sp³-hybridized carbons (Fsp3) is 0. The molecule has 3 aromatic heterocycles. The lowest BCUT2D eigenvalue weighted by molar-refractivity contribution is 1.11. The number of anilines is 3. The summed E-state index contributed by atoms with van der Waals surface area (Å²) in [7, 11) is 0. The van der Waals surface area contributed by atoms with Crippen molar-refractivity contribution in [1.29, 1.82) is 0 Å². The molecule has 14 rings (SSSR count). The summed E-state index contributed by atoms with van der Waals surface area (Å²) >= 11 is 1.85. The standard InChI is InChI=1S/C58H35N5S/c1-2-12-36(13-3-1)37-22-26-45-47(32-37)48-33-38(23-27-46(48)58-57(45)59-30-31-60-58)63-53-28-24-39(61-49-18-8-4-14-41(49)42-15-5-9-19-50(42)61)34-55(53)64-56-35-40(25-29-54(56)63)62-51-20-10-6-16-43(51)44-17-7-11-21-52(44)62/h1-35H. The molecule has 10 aromatic carbocycles. The first-order valence-electron chi connectivity index (χ1n) is 21.6. The molecule has 0 N–H and O–H groups in total. The molecule has 1 aliphatic rings. The van der Waals surface area contributed by atoms with E-state index in [1.165, 1.54) is 64.5 Å². The van der Waals surface area contributed by atoms with Gasteiger partial charge in [0.2, 0.25) is 0 Å². The van der Waals surface area contributed by atoms with Crippen molar-refractivity contribution in [3.63, 3.8) is 0 Å². The number of benzene rings is 10. The first-order valence-corrected chi connectivity index (χ1v) is 22.5. The third-order valence-electron chi connectivity index (χ3n) is 13.2. The van der Waals surface area contributed by atoms with Crippen LogP contribution in [0.4, 0.5) is 17.1 Å². The van der Waals surface area contributed by atoms with Gasteiger partial charge >= 0.3 is 0 Å². The van der Waals surface area contributed by atoms with Crippen molar-refractivity contribution in [3.8, 4) is 22.5 Å². The largest absolute Gasteiger partial charge is 0.309 e. The summed E-state index contributed by atoms with van der Waals surface area (Å²) in [5.74, 6) is 0. The molecule has 0 amide bonds. The van der Waals surface area contributed by atoms with Crippen molar-refractivity contribution < 1.29 is 0 Å². The van der Waals surface area contributed by atoms with Crippen molar-refractivity contribution >= 4 is 105 Å². The van der Waals surface area contributed by atoms with E-state index in [9.17, 15) is 0 Å². The van der Waals surface area contributed by atoms with Gasteiger partial charge in [-0.1, -0.05) is 133 Å². The second-order valence-electron chi connectivity index (χ2n) is 16.6. The number of aromatic nitrogens is 4. The average molecular weight is 834 g/mol. The summed E-state index contributed by atoms with van der Waals surface area (Å²) in [6.45, 7) is 0. The highest BCUT2D eigenvalue weighted by Gasteiger charge is 2.28. The Morgan fingerprint density at radius 2 is 0.750 bits per heavy atom. The molecule has 5 nitrogen and oxygen atoms in total. The Morgan fingerprint density at radius 3 is 1.27 bits per heavy atom. The number of rotatable bonds is 4. The second-order valence-corrected chi connectivity index (χ2v) is 17.7. The molecule has 13 aromatic rings. The first kappa shape index (κ1) is 35.4. The highest BCUT2D eigenvalue weighted by Crippen LogP contribution is 2.54. The van der Waals surface area contributed by atoms with Gasteiger partial charge in [-0.25, -0.2) is 0 Å². The molecule has 0 radical (unpaired) electrons. The Balaban J connectivity index is 1.02. The van der Waals surface area contributed by atoms with Gasteiger partial charge in [-0.2, -0.15) is 0 Å². The lowest BCUT2D eigenvalue weighted by Crippen LogP contribution is -2.15. The molecule has 6 heteroatoms.